The van der Waals surface area contributed by atoms with Gasteiger partial charge >= 0.3 is 0 Å². The minimum absolute atomic E-state index is 0.0908. The van der Waals surface area contributed by atoms with Crippen LogP contribution in [0, 0.1) is 0 Å². The van der Waals surface area contributed by atoms with Gasteiger partial charge in [-0.15, -0.1) is 0 Å². The summed E-state index contributed by atoms with van der Waals surface area (Å²) in [7, 11) is 0. The van der Waals surface area contributed by atoms with Crippen molar-refractivity contribution in [2.75, 3.05) is 11.1 Å². The first-order chi connectivity index (χ1) is 13.6. The molecule has 0 radical (unpaired) electrons. The zero-order valence-electron chi connectivity index (χ0n) is 15.0. The maximum atomic E-state index is 12.6. The van der Waals surface area contributed by atoms with Gasteiger partial charge in [-0.25, -0.2) is 4.98 Å². The van der Waals surface area contributed by atoms with E-state index in [4.69, 9.17) is 5.73 Å². The molecule has 0 saturated carbocycles. The number of hydrogen-bond donors (Lipinski definition) is 2. The number of benzene rings is 3. The van der Waals surface area contributed by atoms with Crippen LogP contribution in [0.1, 0.15) is 15.9 Å². The minimum Gasteiger partial charge on any atom is -0.397 e. The van der Waals surface area contributed by atoms with Crippen molar-refractivity contribution in [2.45, 2.75) is 6.54 Å². The van der Waals surface area contributed by atoms with Crippen molar-refractivity contribution < 1.29 is 4.79 Å². The highest BCUT2D eigenvalue weighted by molar-refractivity contribution is 6.05. The highest BCUT2D eigenvalue weighted by atomic mass is 16.1. The van der Waals surface area contributed by atoms with Gasteiger partial charge in [0.05, 0.1) is 35.1 Å². The molecule has 0 aliphatic rings. The lowest BCUT2D eigenvalue weighted by atomic mass is 10.1. The molecule has 0 atom stereocenters. The minimum atomic E-state index is -0.242. The third-order valence-electron chi connectivity index (χ3n) is 4.51. The van der Waals surface area contributed by atoms with Gasteiger partial charge in [-0.3, -0.25) is 14.2 Å². The number of nitrogens with zero attached hydrogens (tertiary/aromatic N) is 2. The Morgan fingerprint density at radius 3 is 2.46 bits per heavy atom. The van der Waals surface area contributed by atoms with Crippen molar-refractivity contribution in [3.63, 3.8) is 0 Å². The number of carbonyl (C=O) groups excluding carboxylic acids is 1. The highest BCUT2D eigenvalue weighted by Gasteiger charge is 2.09. The maximum Gasteiger partial charge on any atom is 0.261 e. The first-order valence-corrected chi connectivity index (χ1v) is 8.81. The van der Waals surface area contributed by atoms with Crippen molar-refractivity contribution in [2.24, 2.45) is 0 Å². The van der Waals surface area contributed by atoms with E-state index in [0.29, 0.717) is 34.4 Å². The number of nitrogen functional groups attached to an aromatic ring is 1. The Balaban J connectivity index is 1.52. The third-order valence-corrected chi connectivity index (χ3v) is 4.51. The Bertz CT molecular complexity index is 1210. The summed E-state index contributed by atoms with van der Waals surface area (Å²) in [5.74, 6) is -0.242. The van der Waals surface area contributed by atoms with Crippen LogP contribution in [0.4, 0.5) is 11.4 Å². The van der Waals surface area contributed by atoms with Crippen LogP contribution in [0.5, 0.6) is 0 Å². The van der Waals surface area contributed by atoms with Crippen molar-refractivity contribution in [3.05, 3.63) is 101 Å². The van der Waals surface area contributed by atoms with Crippen molar-refractivity contribution in [1.82, 2.24) is 9.55 Å². The van der Waals surface area contributed by atoms with Crippen LogP contribution < -0.4 is 16.6 Å². The van der Waals surface area contributed by atoms with Crippen LogP contribution >= 0.6 is 0 Å². The highest BCUT2D eigenvalue weighted by Crippen LogP contribution is 2.18. The van der Waals surface area contributed by atoms with E-state index < -0.39 is 0 Å². The molecule has 0 bridgehead atoms. The van der Waals surface area contributed by atoms with E-state index in [-0.39, 0.29) is 11.5 Å². The summed E-state index contributed by atoms with van der Waals surface area (Å²) in [5.41, 5.74) is 8.94. The molecule has 138 valence electrons. The average molecular weight is 370 g/mol. The molecule has 0 aliphatic heterocycles. The molecule has 0 unspecified atom stereocenters. The SMILES string of the molecule is Nc1ccccc1NC(=O)c1ccc(Cn2cnc3ccccc3c2=O)cc1. The second kappa shape index (κ2) is 7.36. The molecule has 1 amide bonds. The molecule has 3 N–H and O–H groups in total. The average Bonchev–Trinajstić information content (AvgIpc) is 2.72. The lowest BCUT2D eigenvalue weighted by molar-refractivity contribution is 0.102. The van der Waals surface area contributed by atoms with Crippen LogP contribution in [0.25, 0.3) is 10.9 Å². The molecule has 4 aromatic rings. The molecule has 3 aromatic carbocycles. The number of carbonyl (C=O) groups is 1. The number of amides is 1. The van der Waals surface area contributed by atoms with Crippen LogP contribution in [-0.4, -0.2) is 15.5 Å². The van der Waals surface area contributed by atoms with Crippen molar-refractivity contribution in [3.8, 4) is 0 Å². The molecular weight excluding hydrogens is 352 g/mol. The summed E-state index contributed by atoms with van der Waals surface area (Å²) >= 11 is 0. The van der Waals surface area contributed by atoms with Gasteiger partial charge in [-0.1, -0.05) is 36.4 Å². The summed E-state index contributed by atoms with van der Waals surface area (Å²) in [5, 5.41) is 3.38. The number of nitrogens with one attached hydrogen (secondary N) is 1. The lowest BCUT2D eigenvalue weighted by Crippen LogP contribution is -2.21. The summed E-state index contributed by atoms with van der Waals surface area (Å²) in [6, 6.07) is 21.5. The zero-order valence-corrected chi connectivity index (χ0v) is 15.0. The summed E-state index contributed by atoms with van der Waals surface area (Å²) in [4.78, 5) is 29.3. The van der Waals surface area contributed by atoms with Crippen molar-refractivity contribution in [1.29, 1.82) is 0 Å². The number of hydrogen-bond acceptors (Lipinski definition) is 4. The van der Waals surface area contributed by atoms with Crippen molar-refractivity contribution >= 4 is 28.2 Å². The lowest BCUT2D eigenvalue weighted by Gasteiger charge is -2.09. The van der Waals surface area contributed by atoms with E-state index in [2.05, 4.69) is 10.3 Å². The topological polar surface area (TPSA) is 90.0 Å². The van der Waals surface area contributed by atoms with Gasteiger partial charge in [0.1, 0.15) is 0 Å². The standard InChI is InChI=1S/C22H18N4O2/c23-18-6-2-4-8-20(18)25-21(27)16-11-9-15(10-12-16)13-26-14-24-19-7-3-1-5-17(19)22(26)28/h1-12,14H,13,23H2,(H,25,27). The van der Waals surface area contributed by atoms with Gasteiger partial charge in [0, 0.05) is 5.56 Å². The smallest absolute Gasteiger partial charge is 0.261 e. The molecule has 4 rings (SSSR count). The maximum absolute atomic E-state index is 12.6. The van der Waals surface area contributed by atoms with E-state index >= 15 is 0 Å². The molecule has 0 fully saturated rings. The number of anilines is 2. The van der Waals surface area contributed by atoms with E-state index in [0.717, 1.165) is 5.56 Å². The van der Waals surface area contributed by atoms with Crippen LogP contribution in [-0.2, 0) is 6.54 Å². The van der Waals surface area contributed by atoms with Crippen LogP contribution in [0.2, 0.25) is 0 Å². The molecule has 28 heavy (non-hydrogen) atoms. The van der Waals surface area contributed by atoms with Gasteiger partial charge in [0.2, 0.25) is 0 Å². The number of para-hydroxylation sites is 3. The molecule has 6 nitrogen and oxygen atoms in total. The second-order valence-electron chi connectivity index (χ2n) is 6.43. The van der Waals surface area contributed by atoms with Crippen LogP contribution in [0.3, 0.4) is 0 Å². The monoisotopic (exact) mass is 370 g/mol. The molecule has 6 heteroatoms. The number of aromatic nitrogens is 2. The first-order valence-electron chi connectivity index (χ1n) is 8.81. The Labute approximate surface area is 161 Å². The van der Waals surface area contributed by atoms with E-state index in [1.807, 2.05) is 42.5 Å². The van der Waals surface area contributed by atoms with E-state index in [1.165, 1.54) is 0 Å². The Kier molecular flexibility index (Phi) is 4.60. The van der Waals surface area contributed by atoms with Gasteiger partial charge in [0.15, 0.2) is 0 Å². The fraction of sp³-hybridized carbons (Fsp3) is 0.0455. The zero-order chi connectivity index (χ0) is 19.5. The summed E-state index contributed by atoms with van der Waals surface area (Å²) < 4.78 is 1.56. The molecule has 1 aromatic heterocycles. The quantitative estimate of drug-likeness (QED) is 0.540. The molecule has 0 aliphatic carbocycles. The number of nitrogens with two attached hydrogens (primary N) is 1. The van der Waals surface area contributed by atoms with E-state index in [1.54, 1.807) is 41.2 Å². The second-order valence-corrected chi connectivity index (χ2v) is 6.43. The fourth-order valence-electron chi connectivity index (χ4n) is 2.98. The number of fused-ring (bicyclic) bond motifs is 1. The fourth-order valence-corrected chi connectivity index (χ4v) is 2.98. The Morgan fingerprint density at radius 1 is 0.964 bits per heavy atom. The molecule has 1 heterocycles. The largest absolute Gasteiger partial charge is 0.397 e. The van der Waals surface area contributed by atoms with Gasteiger partial charge in [0.25, 0.3) is 11.5 Å². The van der Waals surface area contributed by atoms with Gasteiger partial charge < -0.3 is 11.1 Å². The normalized spacial score (nSPS) is 10.7. The summed E-state index contributed by atoms with van der Waals surface area (Å²) in [6.07, 6.45) is 1.55. The first kappa shape index (κ1) is 17.5. The third kappa shape index (κ3) is 3.48. The molecule has 0 saturated heterocycles. The molecule has 0 spiro atoms. The Hall–Kier alpha value is -3.93. The Morgan fingerprint density at radius 2 is 1.68 bits per heavy atom. The number of rotatable bonds is 4. The predicted octanol–water partition coefficient (Wildman–Crippen LogP) is 3.28. The van der Waals surface area contributed by atoms with Gasteiger partial charge in [-0.2, -0.15) is 0 Å². The molecular formula is C22H18N4O2. The summed E-state index contributed by atoms with van der Waals surface area (Å²) in [6.45, 7) is 0.379. The van der Waals surface area contributed by atoms with Crippen LogP contribution in [0.15, 0.2) is 83.9 Å². The predicted molar refractivity (Wildman–Crippen MR) is 110 cm³/mol. The van der Waals surface area contributed by atoms with E-state index in [9.17, 15) is 9.59 Å². The van der Waals surface area contributed by atoms with Gasteiger partial charge in [-0.05, 0) is 42.0 Å².